The Morgan fingerprint density at radius 2 is 1.79 bits per heavy atom. The summed E-state index contributed by atoms with van der Waals surface area (Å²) < 4.78 is 17.9. The highest BCUT2D eigenvalue weighted by Crippen LogP contribution is 2.39. The summed E-state index contributed by atoms with van der Waals surface area (Å²) in [7, 11) is 0. The van der Waals surface area contributed by atoms with Gasteiger partial charge in [0.05, 0.1) is 18.3 Å². The van der Waals surface area contributed by atoms with Gasteiger partial charge in [-0.25, -0.2) is 4.79 Å². The molecule has 1 aliphatic heterocycles. The number of carbonyl (C=O) groups is 1. The SMILES string of the molecule is CC1(OC(=O)N2CCC(O[C@H]3CC[C@H](Oc4ccncc4C#N)CC3)CC2)CC1. The summed E-state index contributed by atoms with van der Waals surface area (Å²) in [5.41, 5.74) is 0.266. The maximum absolute atomic E-state index is 12.2. The van der Waals surface area contributed by atoms with Gasteiger partial charge in [-0.1, -0.05) is 0 Å². The maximum atomic E-state index is 12.2. The maximum Gasteiger partial charge on any atom is 0.410 e. The number of nitriles is 1. The highest BCUT2D eigenvalue weighted by atomic mass is 16.6. The van der Waals surface area contributed by atoms with Crippen molar-refractivity contribution in [1.29, 1.82) is 5.26 Å². The molecule has 4 rings (SSSR count). The highest BCUT2D eigenvalue weighted by Gasteiger charge is 2.43. The van der Waals surface area contributed by atoms with E-state index in [0.717, 1.165) is 51.4 Å². The first kappa shape index (κ1) is 20.0. The molecule has 1 saturated heterocycles. The normalized spacial score (nSPS) is 26.4. The van der Waals surface area contributed by atoms with E-state index in [4.69, 9.17) is 19.5 Å². The lowest BCUT2D eigenvalue weighted by molar-refractivity contribution is -0.0662. The summed E-state index contributed by atoms with van der Waals surface area (Å²) in [6, 6.07) is 3.88. The van der Waals surface area contributed by atoms with Crippen LogP contribution in [0.25, 0.3) is 0 Å². The van der Waals surface area contributed by atoms with Crippen molar-refractivity contribution in [3.8, 4) is 11.8 Å². The largest absolute Gasteiger partial charge is 0.489 e. The molecule has 0 aromatic carbocycles. The Labute approximate surface area is 171 Å². The number of aromatic nitrogens is 1. The van der Waals surface area contributed by atoms with E-state index in [1.165, 1.54) is 6.20 Å². The first-order valence-electron chi connectivity index (χ1n) is 10.7. The van der Waals surface area contributed by atoms with Crippen molar-refractivity contribution >= 4 is 6.09 Å². The summed E-state index contributed by atoms with van der Waals surface area (Å²) in [6.45, 7) is 3.41. The number of hydrogen-bond donors (Lipinski definition) is 0. The van der Waals surface area contributed by atoms with Crippen LogP contribution in [0.5, 0.6) is 5.75 Å². The van der Waals surface area contributed by atoms with E-state index in [0.29, 0.717) is 24.4 Å². The number of nitrogens with zero attached hydrogens (tertiary/aromatic N) is 3. The Morgan fingerprint density at radius 1 is 1.14 bits per heavy atom. The number of hydrogen-bond acceptors (Lipinski definition) is 6. The molecule has 2 heterocycles. The minimum Gasteiger partial charge on any atom is -0.489 e. The minimum absolute atomic E-state index is 0.116. The summed E-state index contributed by atoms with van der Waals surface area (Å²) in [6.07, 6.45) is 11.0. The quantitative estimate of drug-likeness (QED) is 0.748. The molecule has 2 aliphatic carbocycles. The first-order chi connectivity index (χ1) is 14.0. The fourth-order valence-electron chi connectivity index (χ4n) is 4.03. The van der Waals surface area contributed by atoms with Crippen molar-refractivity contribution in [3.05, 3.63) is 24.0 Å². The van der Waals surface area contributed by atoms with Gasteiger partial charge in [0, 0.05) is 25.5 Å². The number of piperidine rings is 1. The van der Waals surface area contributed by atoms with Gasteiger partial charge in [-0.2, -0.15) is 5.26 Å². The molecule has 0 spiro atoms. The Morgan fingerprint density at radius 3 is 2.45 bits per heavy atom. The van der Waals surface area contributed by atoms with Crippen LogP contribution in [0.1, 0.15) is 63.9 Å². The summed E-state index contributed by atoms with van der Waals surface area (Å²) in [5.74, 6) is 0.617. The minimum atomic E-state index is -0.213. The third-order valence-corrected chi connectivity index (χ3v) is 6.19. The molecule has 0 radical (unpaired) electrons. The van der Waals surface area contributed by atoms with Crippen LogP contribution in [0.2, 0.25) is 0 Å². The average molecular weight is 399 g/mol. The Balaban J connectivity index is 1.17. The van der Waals surface area contributed by atoms with Gasteiger partial charge in [0.15, 0.2) is 0 Å². The topological polar surface area (TPSA) is 84.7 Å². The van der Waals surface area contributed by atoms with Gasteiger partial charge >= 0.3 is 6.09 Å². The van der Waals surface area contributed by atoms with E-state index >= 15 is 0 Å². The van der Waals surface area contributed by atoms with Gasteiger partial charge in [-0.15, -0.1) is 0 Å². The van der Waals surface area contributed by atoms with Crippen LogP contribution in [0.4, 0.5) is 4.79 Å². The summed E-state index contributed by atoms with van der Waals surface area (Å²) >= 11 is 0. The van der Waals surface area contributed by atoms with Crippen LogP contribution in [0.15, 0.2) is 18.5 Å². The zero-order valence-corrected chi connectivity index (χ0v) is 17.0. The second-order valence-corrected chi connectivity index (χ2v) is 8.64. The number of ether oxygens (including phenoxy) is 3. The lowest BCUT2D eigenvalue weighted by atomic mass is 9.94. The van der Waals surface area contributed by atoms with Crippen LogP contribution in [0, 0.1) is 11.3 Å². The van der Waals surface area contributed by atoms with Crippen LogP contribution in [0.3, 0.4) is 0 Å². The van der Waals surface area contributed by atoms with Crippen molar-refractivity contribution < 1.29 is 19.0 Å². The molecule has 1 amide bonds. The standard InChI is InChI=1S/C22H29N3O4/c1-22(9-10-22)29-21(26)25-12-7-19(8-13-25)27-17-2-4-18(5-3-17)28-20-6-11-24-15-16(20)14-23/h6,11,15,17-19H,2-5,7-10,12-13H2,1H3/t17-,18-. The van der Waals surface area contributed by atoms with Crippen molar-refractivity contribution in [1.82, 2.24) is 9.88 Å². The average Bonchev–Trinajstić information content (AvgIpc) is 3.47. The number of pyridine rings is 1. The third kappa shape index (κ3) is 5.18. The van der Waals surface area contributed by atoms with E-state index in [9.17, 15) is 4.79 Å². The molecular formula is C22H29N3O4. The van der Waals surface area contributed by atoms with E-state index < -0.39 is 0 Å². The molecule has 3 fully saturated rings. The monoisotopic (exact) mass is 399 g/mol. The Kier molecular flexibility index (Phi) is 5.91. The van der Waals surface area contributed by atoms with Gasteiger partial charge in [0.2, 0.25) is 0 Å². The van der Waals surface area contributed by atoms with E-state index in [2.05, 4.69) is 11.1 Å². The smallest absolute Gasteiger partial charge is 0.410 e. The van der Waals surface area contributed by atoms with Crippen LogP contribution in [-0.4, -0.2) is 53.0 Å². The van der Waals surface area contributed by atoms with E-state index in [1.807, 2.05) is 11.8 Å². The van der Waals surface area contributed by atoms with Crippen LogP contribution >= 0.6 is 0 Å². The fraction of sp³-hybridized carbons (Fsp3) is 0.682. The molecule has 156 valence electrons. The molecule has 29 heavy (non-hydrogen) atoms. The van der Waals surface area contributed by atoms with Gasteiger partial charge in [0.1, 0.15) is 23.0 Å². The summed E-state index contributed by atoms with van der Waals surface area (Å²) in [4.78, 5) is 18.0. The van der Waals surface area contributed by atoms with Crippen molar-refractivity contribution in [2.45, 2.75) is 82.2 Å². The number of carbonyl (C=O) groups excluding carboxylic acids is 1. The number of rotatable bonds is 5. The molecular weight excluding hydrogens is 370 g/mol. The van der Waals surface area contributed by atoms with E-state index in [-0.39, 0.29) is 30.0 Å². The summed E-state index contributed by atoms with van der Waals surface area (Å²) in [5, 5.41) is 9.16. The predicted octanol–water partition coefficient (Wildman–Crippen LogP) is 3.81. The van der Waals surface area contributed by atoms with Gasteiger partial charge in [-0.3, -0.25) is 4.98 Å². The second kappa shape index (κ2) is 8.58. The number of amides is 1. The molecule has 1 aromatic heterocycles. The lowest BCUT2D eigenvalue weighted by Gasteiger charge is -2.36. The van der Waals surface area contributed by atoms with Crippen LogP contribution in [-0.2, 0) is 9.47 Å². The zero-order valence-electron chi connectivity index (χ0n) is 17.0. The lowest BCUT2D eigenvalue weighted by Crippen LogP contribution is -2.43. The van der Waals surface area contributed by atoms with Gasteiger partial charge < -0.3 is 19.1 Å². The molecule has 2 saturated carbocycles. The molecule has 0 bridgehead atoms. The molecule has 0 unspecified atom stereocenters. The molecule has 0 N–H and O–H groups in total. The predicted molar refractivity (Wildman–Crippen MR) is 105 cm³/mol. The van der Waals surface area contributed by atoms with Gasteiger partial charge in [0.25, 0.3) is 0 Å². The Hall–Kier alpha value is -2.33. The second-order valence-electron chi connectivity index (χ2n) is 8.64. The van der Waals surface area contributed by atoms with Crippen molar-refractivity contribution in [2.24, 2.45) is 0 Å². The molecule has 0 atom stereocenters. The van der Waals surface area contributed by atoms with Crippen LogP contribution < -0.4 is 4.74 Å². The number of likely N-dealkylation sites (tertiary alicyclic amines) is 1. The highest BCUT2D eigenvalue weighted by molar-refractivity contribution is 5.68. The van der Waals surface area contributed by atoms with E-state index in [1.54, 1.807) is 12.3 Å². The molecule has 3 aliphatic rings. The van der Waals surface area contributed by atoms with Crippen molar-refractivity contribution in [2.75, 3.05) is 13.1 Å². The molecule has 7 heteroatoms. The molecule has 7 nitrogen and oxygen atoms in total. The zero-order chi connectivity index (χ0) is 20.3. The third-order valence-electron chi connectivity index (χ3n) is 6.19. The van der Waals surface area contributed by atoms with Gasteiger partial charge in [-0.05, 0) is 64.4 Å². The van der Waals surface area contributed by atoms with Crippen molar-refractivity contribution in [3.63, 3.8) is 0 Å². The Bertz CT molecular complexity index is 758. The molecule has 1 aromatic rings. The first-order valence-corrected chi connectivity index (χ1v) is 10.7. The fourth-order valence-corrected chi connectivity index (χ4v) is 4.03.